The predicted octanol–water partition coefficient (Wildman–Crippen LogP) is 3.90. The van der Waals surface area contributed by atoms with Gasteiger partial charge in [0.2, 0.25) is 0 Å². The molecule has 0 aliphatic rings. The standard InChI is InChI=1S/C13H10BrClN2O3S/c14-10-6-8(16)4-5-13(10)21(20)7-9-11(15)2-1-3-12(9)17(18)19/h1-6H,7,16H2. The van der Waals surface area contributed by atoms with Crippen molar-refractivity contribution >= 4 is 49.7 Å². The van der Waals surface area contributed by atoms with Crippen molar-refractivity contribution in [1.82, 2.24) is 0 Å². The Hall–Kier alpha value is -1.44. The van der Waals surface area contributed by atoms with E-state index < -0.39 is 15.7 Å². The van der Waals surface area contributed by atoms with Crippen LogP contribution in [0.25, 0.3) is 0 Å². The molecule has 0 fully saturated rings. The Kier molecular flexibility index (Phi) is 4.97. The van der Waals surface area contributed by atoms with E-state index in [9.17, 15) is 14.3 Å². The van der Waals surface area contributed by atoms with Gasteiger partial charge >= 0.3 is 0 Å². The van der Waals surface area contributed by atoms with Crippen molar-refractivity contribution in [3.05, 3.63) is 61.6 Å². The molecule has 8 heteroatoms. The van der Waals surface area contributed by atoms with Gasteiger partial charge in [-0.15, -0.1) is 0 Å². The first-order valence-electron chi connectivity index (χ1n) is 5.75. The Morgan fingerprint density at radius 2 is 2.05 bits per heavy atom. The summed E-state index contributed by atoms with van der Waals surface area (Å²) in [6.45, 7) is 0. The van der Waals surface area contributed by atoms with Gasteiger partial charge in [0, 0.05) is 16.2 Å². The summed E-state index contributed by atoms with van der Waals surface area (Å²) >= 11 is 9.29. The largest absolute Gasteiger partial charge is 0.399 e. The summed E-state index contributed by atoms with van der Waals surface area (Å²) in [6, 6.07) is 9.26. The van der Waals surface area contributed by atoms with Crippen LogP contribution in [0.5, 0.6) is 0 Å². The van der Waals surface area contributed by atoms with Crippen molar-refractivity contribution in [1.29, 1.82) is 0 Å². The van der Waals surface area contributed by atoms with E-state index in [1.165, 1.54) is 12.1 Å². The molecule has 2 aromatic rings. The van der Waals surface area contributed by atoms with E-state index in [0.29, 0.717) is 15.1 Å². The summed E-state index contributed by atoms with van der Waals surface area (Å²) in [5.74, 6) is -0.0432. The lowest BCUT2D eigenvalue weighted by Crippen LogP contribution is -2.02. The molecule has 0 aliphatic carbocycles. The molecule has 0 radical (unpaired) electrons. The smallest absolute Gasteiger partial charge is 0.275 e. The van der Waals surface area contributed by atoms with Crippen LogP contribution in [0.1, 0.15) is 5.56 Å². The van der Waals surface area contributed by atoms with Gasteiger partial charge in [0.1, 0.15) is 0 Å². The molecular weight excluding hydrogens is 380 g/mol. The summed E-state index contributed by atoms with van der Waals surface area (Å²) in [7, 11) is -1.48. The second kappa shape index (κ2) is 6.55. The van der Waals surface area contributed by atoms with Crippen LogP contribution in [0.2, 0.25) is 5.02 Å². The quantitative estimate of drug-likeness (QED) is 0.488. The molecule has 110 valence electrons. The molecular formula is C13H10BrClN2O3S. The zero-order valence-corrected chi connectivity index (χ0v) is 13.7. The average Bonchev–Trinajstić information content (AvgIpc) is 2.40. The Labute approximate surface area is 136 Å². The van der Waals surface area contributed by atoms with E-state index in [0.717, 1.165) is 0 Å². The van der Waals surface area contributed by atoms with E-state index in [-0.39, 0.29) is 22.0 Å². The summed E-state index contributed by atoms with van der Waals surface area (Å²) < 4.78 is 13.0. The fraction of sp³-hybridized carbons (Fsp3) is 0.0769. The molecule has 0 aromatic heterocycles. The highest BCUT2D eigenvalue weighted by atomic mass is 79.9. The van der Waals surface area contributed by atoms with E-state index in [2.05, 4.69) is 15.9 Å². The first-order valence-corrected chi connectivity index (χ1v) is 8.24. The van der Waals surface area contributed by atoms with Crippen LogP contribution in [-0.2, 0) is 16.6 Å². The number of benzene rings is 2. The first-order chi connectivity index (χ1) is 9.90. The monoisotopic (exact) mass is 388 g/mol. The fourth-order valence-corrected chi connectivity index (χ4v) is 4.24. The van der Waals surface area contributed by atoms with Crippen LogP contribution in [0.4, 0.5) is 11.4 Å². The lowest BCUT2D eigenvalue weighted by Gasteiger charge is -2.08. The minimum absolute atomic E-state index is 0.0432. The number of anilines is 1. The third-order valence-corrected chi connectivity index (χ3v) is 5.44. The Bertz CT molecular complexity index is 739. The van der Waals surface area contributed by atoms with E-state index in [1.54, 1.807) is 24.3 Å². The number of nitro benzene ring substituents is 1. The summed E-state index contributed by atoms with van der Waals surface area (Å²) in [6.07, 6.45) is 0. The Morgan fingerprint density at radius 1 is 1.33 bits per heavy atom. The molecule has 2 rings (SSSR count). The molecule has 21 heavy (non-hydrogen) atoms. The molecule has 2 aromatic carbocycles. The zero-order chi connectivity index (χ0) is 15.6. The SMILES string of the molecule is Nc1ccc(S(=O)Cc2c(Cl)cccc2[N+](=O)[O-])c(Br)c1. The van der Waals surface area contributed by atoms with Crippen LogP contribution in [0, 0.1) is 10.1 Å². The van der Waals surface area contributed by atoms with Crippen LogP contribution in [0.15, 0.2) is 45.8 Å². The zero-order valence-electron chi connectivity index (χ0n) is 10.6. The van der Waals surface area contributed by atoms with Gasteiger partial charge in [-0.25, -0.2) is 0 Å². The lowest BCUT2D eigenvalue weighted by atomic mass is 10.2. The van der Waals surface area contributed by atoms with Crippen molar-refractivity contribution in [2.45, 2.75) is 10.6 Å². The minimum atomic E-state index is -1.48. The van der Waals surface area contributed by atoms with Gasteiger partial charge in [-0.3, -0.25) is 14.3 Å². The van der Waals surface area contributed by atoms with Gasteiger partial charge in [0.15, 0.2) is 0 Å². The van der Waals surface area contributed by atoms with Gasteiger partial charge in [-0.1, -0.05) is 17.7 Å². The van der Waals surface area contributed by atoms with Gasteiger partial charge in [-0.05, 0) is 40.2 Å². The third-order valence-electron chi connectivity index (χ3n) is 2.77. The maximum Gasteiger partial charge on any atom is 0.275 e. The second-order valence-electron chi connectivity index (χ2n) is 4.17. The number of rotatable bonds is 4. The predicted molar refractivity (Wildman–Crippen MR) is 86.8 cm³/mol. The van der Waals surface area contributed by atoms with Gasteiger partial charge in [-0.2, -0.15) is 0 Å². The average molecular weight is 390 g/mol. The number of nitrogens with zero attached hydrogens (tertiary/aromatic N) is 1. The molecule has 1 atom stereocenters. The van der Waals surface area contributed by atoms with E-state index in [1.807, 2.05) is 0 Å². The third kappa shape index (κ3) is 3.61. The van der Waals surface area contributed by atoms with Gasteiger partial charge in [0.05, 0.1) is 37.0 Å². The summed E-state index contributed by atoms with van der Waals surface area (Å²) in [4.78, 5) is 11.0. The normalized spacial score (nSPS) is 12.1. The lowest BCUT2D eigenvalue weighted by molar-refractivity contribution is -0.385. The summed E-state index contributed by atoms with van der Waals surface area (Å²) in [5.41, 5.74) is 6.28. The van der Waals surface area contributed by atoms with Crippen molar-refractivity contribution in [2.75, 3.05) is 5.73 Å². The van der Waals surface area contributed by atoms with Gasteiger partial charge < -0.3 is 5.73 Å². The van der Waals surface area contributed by atoms with Crippen LogP contribution < -0.4 is 5.73 Å². The Morgan fingerprint density at radius 3 is 2.67 bits per heavy atom. The van der Waals surface area contributed by atoms with Crippen molar-refractivity contribution < 1.29 is 9.13 Å². The minimum Gasteiger partial charge on any atom is -0.399 e. The van der Waals surface area contributed by atoms with E-state index >= 15 is 0 Å². The molecule has 0 bridgehead atoms. The van der Waals surface area contributed by atoms with Crippen molar-refractivity contribution in [3.63, 3.8) is 0 Å². The van der Waals surface area contributed by atoms with Crippen molar-refractivity contribution in [2.24, 2.45) is 0 Å². The number of halogens is 2. The van der Waals surface area contributed by atoms with Crippen LogP contribution in [0.3, 0.4) is 0 Å². The Balaban J connectivity index is 2.38. The topological polar surface area (TPSA) is 86.2 Å². The molecule has 2 N–H and O–H groups in total. The molecule has 0 saturated heterocycles. The first kappa shape index (κ1) is 15.9. The molecule has 5 nitrogen and oxygen atoms in total. The maximum atomic E-state index is 12.4. The number of hydrogen-bond acceptors (Lipinski definition) is 4. The van der Waals surface area contributed by atoms with Crippen LogP contribution in [-0.4, -0.2) is 9.13 Å². The molecule has 0 spiro atoms. The highest BCUT2D eigenvalue weighted by molar-refractivity contribution is 9.10. The molecule has 1 unspecified atom stereocenters. The molecule has 0 saturated carbocycles. The number of nitrogens with two attached hydrogens (primary N) is 1. The molecule has 0 aliphatic heterocycles. The maximum absolute atomic E-state index is 12.4. The summed E-state index contributed by atoms with van der Waals surface area (Å²) in [5, 5.41) is 11.3. The molecule has 0 heterocycles. The second-order valence-corrected chi connectivity index (χ2v) is 6.86. The van der Waals surface area contributed by atoms with E-state index in [4.69, 9.17) is 17.3 Å². The number of hydrogen-bond donors (Lipinski definition) is 1. The van der Waals surface area contributed by atoms with Crippen molar-refractivity contribution in [3.8, 4) is 0 Å². The molecule has 0 amide bonds. The fourth-order valence-electron chi connectivity index (χ4n) is 1.77. The van der Waals surface area contributed by atoms with Crippen LogP contribution >= 0.6 is 27.5 Å². The number of nitro groups is 1. The number of nitrogen functional groups attached to an aromatic ring is 1. The van der Waals surface area contributed by atoms with Gasteiger partial charge in [0.25, 0.3) is 5.69 Å². The highest BCUT2D eigenvalue weighted by Crippen LogP contribution is 2.31. The highest BCUT2D eigenvalue weighted by Gasteiger charge is 2.20.